The van der Waals surface area contributed by atoms with Crippen LogP contribution in [0, 0.1) is 0 Å². The topological polar surface area (TPSA) is 22.1 Å². The van der Waals surface area contributed by atoms with Gasteiger partial charge in [-0.2, -0.15) is 0 Å². The van der Waals surface area contributed by atoms with Gasteiger partial charge in [0.15, 0.2) is 0 Å². The lowest BCUT2D eigenvalue weighted by Gasteiger charge is -2.07. The Hall–Kier alpha value is -1.06. The molecule has 2 nitrogen and oxygen atoms in total. The fourth-order valence-corrected chi connectivity index (χ4v) is 1.80. The summed E-state index contributed by atoms with van der Waals surface area (Å²) in [5.74, 6) is 0.800. The molecule has 0 unspecified atom stereocenters. The molecule has 0 radical (unpaired) electrons. The Labute approximate surface area is 107 Å². The van der Waals surface area contributed by atoms with Gasteiger partial charge in [-0.1, -0.05) is 39.7 Å². The lowest BCUT2D eigenvalue weighted by molar-refractivity contribution is 0.305. The van der Waals surface area contributed by atoms with E-state index >= 15 is 0 Å². The number of benzene rings is 1. The Balaban J connectivity index is 2.05. The first kappa shape index (κ1) is 11.4. The van der Waals surface area contributed by atoms with E-state index in [1.807, 2.05) is 36.4 Å². The zero-order valence-corrected chi connectivity index (χ0v) is 10.7. The SMILES string of the molecule is Clc1ncccc1COc1cccc(Br)c1. The van der Waals surface area contributed by atoms with Gasteiger partial charge in [0.1, 0.15) is 17.5 Å². The monoisotopic (exact) mass is 297 g/mol. The predicted molar refractivity (Wildman–Crippen MR) is 67.7 cm³/mol. The summed E-state index contributed by atoms with van der Waals surface area (Å²) in [6, 6.07) is 11.4. The molecule has 0 aliphatic rings. The molecule has 0 saturated carbocycles. The molecule has 16 heavy (non-hydrogen) atoms. The second kappa shape index (κ2) is 5.32. The Kier molecular flexibility index (Phi) is 3.80. The smallest absolute Gasteiger partial charge is 0.135 e. The van der Waals surface area contributed by atoms with Crippen LogP contribution in [0.5, 0.6) is 5.75 Å². The third kappa shape index (κ3) is 2.97. The van der Waals surface area contributed by atoms with Gasteiger partial charge in [0.05, 0.1) is 0 Å². The van der Waals surface area contributed by atoms with Crippen molar-refractivity contribution >= 4 is 27.5 Å². The number of ether oxygens (including phenoxy) is 1. The van der Waals surface area contributed by atoms with Crippen LogP contribution in [0.4, 0.5) is 0 Å². The van der Waals surface area contributed by atoms with E-state index in [0.29, 0.717) is 11.8 Å². The highest BCUT2D eigenvalue weighted by Gasteiger charge is 2.01. The number of pyridine rings is 1. The van der Waals surface area contributed by atoms with E-state index in [-0.39, 0.29) is 0 Å². The van der Waals surface area contributed by atoms with Crippen LogP contribution in [0.2, 0.25) is 5.15 Å². The summed E-state index contributed by atoms with van der Waals surface area (Å²) in [7, 11) is 0. The fraction of sp³-hybridized carbons (Fsp3) is 0.0833. The van der Waals surface area contributed by atoms with Crippen LogP contribution >= 0.6 is 27.5 Å². The Morgan fingerprint density at radius 1 is 1.25 bits per heavy atom. The van der Waals surface area contributed by atoms with Crippen LogP contribution in [-0.4, -0.2) is 4.98 Å². The molecule has 0 fully saturated rings. The van der Waals surface area contributed by atoms with Crippen molar-refractivity contribution in [2.45, 2.75) is 6.61 Å². The van der Waals surface area contributed by atoms with E-state index in [1.165, 1.54) is 0 Å². The van der Waals surface area contributed by atoms with E-state index in [2.05, 4.69) is 20.9 Å². The molecule has 1 aromatic heterocycles. The first-order valence-corrected chi connectivity index (χ1v) is 5.90. The fourth-order valence-electron chi connectivity index (χ4n) is 1.24. The predicted octanol–water partition coefficient (Wildman–Crippen LogP) is 4.08. The summed E-state index contributed by atoms with van der Waals surface area (Å²) in [6.07, 6.45) is 1.66. The van der Waals surface area contributed by atoms with Crippen molar-refractivity contribution in [3.8, 4) is 5.75 Å². The van der Waals surface area contributed by atoms with Gasteiger partial charge in [-0.3, -0.25) is 0 Å². The Morgan fingerprint density at radius 2 is 2.12 bits per heavy atom. The summed E-state index contributed by atoms with van der Waals surface area (Å²) in [5.41, 5.74) is 0.879. The van der Waals surface area contributed by atoms with Gasteiger partial charge in [-0.25, -0.2) is 4.98 Å². The molecular weight excluding hydrogens is 289 g/mol. The van der Waals surface area contributed by atoms with E-state index in [1.54, 1.807) is 6.20 Å². The number of nitrogens with zero attached hydrogens (tertiary/aromatic N) is 1. The average Bonchev–Trinajstić information content (AvgIpc) is 2.28. The minimum atomic E-state index is 0.420. The molecular formula is C12H9BrClNO. The summed E-state index contributed by atoms with van der Waals surface area (Å²) in [6.45, 7) is 0.420. The molecule has 1 heterocycles. The molecule has 0 atom stereocenters. The van der Waals surface area contributed by atoms with Gasteiger partial charge in [-0.15, -0.1) is 0 Å². The van der Waals surface area contributed by atoms with Crippen LogP contribution < -0.4 is 4.74 Å². The standard InChI is InChI=1S/C12H9BrClNO/c13-10-4-1-5-11(7-10)16-8-9-3-2-6-15-12(9)14/h1-7H,8H2. The highest BCUT2D eigenvalue weighted by Crippen LogP contribution is 2.20. The lowest BCUT2D eigenvalue weighted by Crippen LogP contribution is -1.97. The molecule has 0 bridgehead atoms. The number of hydrogen-bond donors (Lipinski definition) is 0. The van der Waals surface area contributed by atoms with E-state index in [4.69, 9.17) is 16.3 Å². The highest BCUT2D eigenvalue weighted by atomic mass is 79.9. The van der Waals surface area contributed by atoms with Crippen LogP contribution in [0.25, 0.3) is 0 Å². The Bertz CT molecular complexity index is 490. The normalized spacial score (nSPS) is 10.1. The van der Waals surface area contributed by atoms with Crippen LogP contribution in [0.3, 0.4) is 0 Å². The maximum absolute atomic E-state index is 5.92. The molecule has 1 aromatic carbocycles. The molecule has 2 aromatic rings. The van der Waals surface area contributed by atoms with Gasteiger partial charge in [0, 0.05) is 16.2 Å². The molecule has 0 amide bonds. The minimum absolute atomic E-state index is 0.420. The first-order chi connectivity index (χ1) is 7.75. The third-order valence-corrected chi connectivity index (χ3v) is 2.86. The number of hydrogen-bond acceptors (Lipinski definition) is 2. The quantitative estimate of drug-likeness (QED) is 0.797. The zero-order chi connectivity index (χ0) is 11.4. The molecule has 0 aliphatic carbocycles. The maximum Gasteiger partial charge on any atom is 0.135 e. The largest absolute Gasteiger partial charge is 0.489 e. The second-order valence-corrected chi connectivity index (χ2v) is 4.47. The lowest BCUT2D eigenvalue weighted by atomic mass is 10.3. The maximum atomic E-state index is 5.92. The minimum Gasteiger partial charge on any atom is -0.489 e. The zero-order valence-electron chi connectivity index (χ0n) is 8.36. The van der Waals surface area contributed by atoms with E-state index in [0.717, 1.165) is 15.8 Å². The summed E-state index contributed by atoms with van der Waals surface area (Å²) < 4.78 is 6.59. The van der Waals surface area contributed by atoms with Gasteiger partial charge in [-0.05, 0) is 24.3 Å². The summed E-state index contributed by atoms with van der Waals surface area (Å²) in [5, 5.41) is 0.484. The summed E-state index contributed by atoms with van der Waals surface area (Å²) in [4.78, 5) is 3.99. The van der Waals surface area contributed by atoms with Crippen molar-refractivity contribution in [1.29, 1.82) is 0 Å². The van der Waals surface area contributed by atoms with Crippen molar-refractivity contribution < 1.29 is 4.74 Å². The van der Waals surface area contributed by atoms with Crippen molar-refractivity contribution in [2.75, 3.05) is 0 Å². The molecule has 4 heteroatoms. The van der Waals surface area contributed by atoms with Crippen molar-refractivity contribution in [1.82, 2.24) is 4.98 Å². The van der Waals surface area contributed by atoms with Crippen molar-refractivity contribution in [2.24, 2.45) is 0 Å². The molecule has 0 N–H and O–H groups in total. The van der Waals surface area contributed by atoms with Gasteiger partial charge >= 0.3 is 0 Å². The van der Waals surface area contributed by atoms with Gasteiger partial charge < -0.3 is 4.74 Å². The highest BCUT2D eigenvalue weighted by molar-refractivity contribution is 9.10. The average molecular weight is 299 g/mol. The van der Waals surface area contributed by atoms with E-state index < -0.39 is 0 Å². The van der Waals surface area contributed by atoms with Crippen molar-refractivity contribution in [3.05, 3.63) is 57.8 Å². The summed E-state index contributed by atoms with van der Waals surface area (Å²) >= 11 is 9.31. The first-order valence-electron chi connectivity index (χ1n) is 4.73. The van der Waals surface area contributed by atoms with Crippen LogP contribution in [0.15, 0.2) is 47.1 Å². The van der Waals surface area contributed by atoms with E-state index in [9.17, 15) is 0 Å². The van der Waals surface area contributed by atoms with Crippen LogP contribution in [-0.2, 0) is 6.61 Å². The van der Waals surface area contributed by atoms with Gasteiger partial charge in [0.2, 0.25) is 0 Å². The number of rotatable bonds is 3. The molecule has 2 rings (SSSR count). The number of aromatic nitrogens is 1. The second-order valence-electron chi connectivity index (χ2n) is 3.20. The van der Waals surface area contributed by atoms with Crippen molar-refractivity contribution in [3.63, 3.8) is 0 Å². The molecule has 0 saturated heterocycles. The third-order valence-electron chi connectivity index (χ3n) is 2.03. The van der Waals surface area contributed by atoms with Gasteiger partial charge in [0.25, 0.3) is 0 Å². The van der Waals surface area contributed by atoms with Crippen LogP contribution in [0.1, 0.15) is 5.56 Å². The Morgan fingerprint density at radius 3 is 2.88 bits per heavy atom. The molecule has 0 aliphatic heterocycles. The molecule has 0 spiro atoms. The molecule has 82 valence electrons. The number of halogens is 2.